The van der Waals surface area contributed by atoms with Gasteiger partial charge in [-0.1, -0.05) is 81.3 Å². The molecule has 0 aliphatic carbocycles. The molecule has 3 heteroatoms. The zero-order valence-electron chi connectivity index (χ0n) is 16.3. The minimum atomic E-state index is 0.0415. The van der Waals surface area contributed by atoms with Gasteiger partial charge in [-0.15, -0.1) is 0 Å². The van der Waals surface area contributed by atoms with E-state index in [2.05, 4.69) is 38.1 Å². The summed E-state index contributed by atoms with van der Waals surface area (Å²) in [5.74, 6) is 0.0415. The molecule has 27 heavy (non-hydrogen) atoms. The number of carbonyl (C=O) groups is 1. The van der Waals surface area contributed by atoms with Gasteiger partial charge in [-0.3, -0.25) is 4.79 Å². The van der Waals surface area contributed by atoms with Crippen LogP contribution >= 0.6 is 0 Å². The molecule has 3 nitrogen and oxygen atoms in total. The fourth-order valence-corrected chi connectivity index (χ4v) is 3.30. The Morgan fingerprint density at radius 1 is 0.889 bits per heavy atom. The number of hydrogen-bond acceptors (Lipinski definition) is 2. The molecule has 1 amide bonds. The van der Waals surface area contributed by atoms with Gasteiger partial charge in [0, 0.05) is 24.0 Å². The van der Waals surface area contributed by atoms with E-state index in [1.165, 1.54) is 0 Å². The molecule has 0 bridgehead atoms. The molecule has 0 saturated carbocycles. The Kier molecular flexibility index (Phi) is 6.59. The van der Waals surface area contributed by atoms with Crippen LogP contribution in [0, 0.1) is 0 Å². The van der Waals surface area contributed by atoms with Crippen LogP contribution in [0.2, 0.25) is 0 Å². The second kappa shape index (κ2) is 9.31. The third-order valence-corrected chi connectivity index (χ3v) is 4.86. The molecule has 0 aliphatic heterocycles. The maximum atomic E-state index is 13.2. The van der Waals surface area contributed by atoms with Crippen LogP contribution in [0.1, 0.15) is 50.0 Å². The number of rotatable bonds is 8. The van der Waals surface area contributed by atoms with Gasteiger partial charge in [0.1, 0.15) is 5.69 Å². The molecule has 1 aromatic heterocycles. The maximum absolute atomic E-state index is 13.2. The van der Waals surface area contributed by atoms with Crippen molar-refractivity contribution < 1.29 is 4.79 Å². The first-order valence-corrected chi connectivity index (χ1v) is 9.99. The van der Waals surface area contributed by atoms with Crippen LogP contribution in [0.25, 0.3) is 22.0 Å². The molecule has 3 rings (SSSR count). The molecule has 140 valence electrons. The average molecular weight is 361 g/mol. The lowest BCUT2D eigenvalue weighted by Crippen LogP contribution is -2.33. The Hall–Kier alpha value is -2.68. The Labute approximate surface area is 162 Å². The SMILES string of the molecule is CCCCN(CCCC)C(=O)c1cc2ccccc2c(-c2ccccc2)n1. The van der Waals surface area contributed by atoms with E-state index in [9.17, 15) is 4.79 Å². The fourth-order valence-electron chi connectivity index (χ4n) is 3.30. The molecule has 2 aromatic carbocycles. The zero-order chi connectivity index (χ0) is 19.1. The molecule has 0 saturated heterocycles. The summed E-state index contributed by atoms with van der Waals surface area (Å²) in [7, 11) is 0. The molecule has 0 aliphatic rings. The molecule has 1 heterocycles. The number of carbonyl (C=O) groups excluding carboxylic acids is 1. The summed E-state index contributed by atoms with van der Waals surface area (Å²) in [4.78, 5) is 20.0. The van der Waals surface area contributed by atoms with Crippen molar-refractivity contribution in [2.24, 2.45) is 0 Å². The summed E-state index contributed by atoms with van der Waals surface area (Å²) in [6, 6.07) is 20.2. The lowest BCUT2D eigenvalue weighted by atomic mass is 10.0. The van der Waals surface area contributed by atoms with E-state index in [4.69, 9.17) is 4.98 Å². The van der Waals surface area contributed by atoms with Gasteiger partial charge in [0.05, 0.1) is 5.69 Å². The van der Waals surface area contributed by atoms with Gasteiger partial charge >= 0.3 is 0 Å². The van der Waals surface area contributed by atoms with Crippen LogP contribution in [0.5, 0.6) is 0 Å². The van der Waals surface area contributed by atoms with Crippen LogP contribution in [-0.2, 0) is 0 Å². The molecule has 0 N–H and O–H groups in total. The topological polar surface area (TPSA) is 33.2 Å². The molecular weight excluding hydrogens is 332 g/mol. The third kappa shape index (κ3) is 4.54. The van der Waals surface area contributed by atoms with Crippen molar-refractivity contribution in [2.75, 3.05) is 13.1 Å². The van der Waals surface area contributed by atoms with Crippen LogP contribution in [0.15, 0.2) is 60.7 Å². The van der Waals surface area contributed by atoms with Gasteiger partial charge in [-0.25, -0.2) is 4.98 Å². The average Bonchev–Trinajstić information content (AvgIpc) is 2.73. The van der Waals surface area contributed by atoms with Crippen molar-refractivity contribution in [1.29, 1.82) is 0 Å². The van der Waals surface area contributed by atoms with Gasteiger partial charge in [-0.2, -0.15) is 0 Å². The van der Waals surface area contributed by atoms with Crippen LogP contribution in [0.3, 0.4) is 0 Å². The second-order valence-corrected chi connectivity index (χ2v) is 6.94. The number of unbranched alkanes of at least 4 members (excludes halogenated alkanes) is 2. The molecule has 0 radical (unpaired) electrons. The molecule has 0 fully saturated rings. The van der Waals surface area contributed by atoms with E-state index >= 15 is 0 Å². The summed E-state index contributed by atoms with van der Waals surface area (Å²) in [6.45, 7) is 5.91. The minimum absolute atomic E-state index is 0.0415. The Balaban J connectivity index is 2.04. The van der Waals surface area contributed by atoms with Gasteiger partial charge < -0.3 is 4.90 Å². The predicted molar refractivity (Wildman–Crippen MR) is 113 cm³/mol. The van der Waals surface area contributed by atoms with E-state index in [1.807, 2.05) is 41.3 Å². The number of aromatic nitrogens is 1. The van der Waals surface area contributed by atoms with Crippen molar-refractivity contribution in [2.45, 2.75) is 39.5 Å². The number of amides is 1. The van der Waals surface area contributed by atoms with Crippen molar-refractivity contribution in [1.82, 2.24) is 9.88 Å². The normalized spacial score (nSPS) is 10.9. The molecule has 3 aromatic rings. The van der Waals surface area contributed by atoms with Crippen molar-refractivity contribution in [3.8, 4) is 11.3 Å². The maximum Gasteiger partial charge on any atom is 0.272 e. The van der Waals surface area contributed by atoms with E-state index in [-0.39, 0.29) is 5.91 Å². The second-order valence-electron chi connectivity index (χ2n) is 6.94. The van der Waals surface area contributed by atoms with Gasteiger partial charge in [0.15, 0.2) is 0 Å². The van der Waals surface area contributed by atoms with E-state index in [1.54, 1.807) is 0 Å². The first-order valence-electron chi connectivity index (χ1n) is 9.99. The largest absolute Gasteiger partial charge is 0.337 e. The summed E-state index contributed by atoms with van der Waals surface area (Å²) >= 11 is 0. The Morgan fingerprint density at radius 3 is 2.19 bits per heavy atom. The highest BCUT2D eigenvalue weighted by molar-refractivity contribution is 6.01. The number of hydrogen-bond donors (Lipinski definition) is 0. The van der Waals surface area contributed by atoms with Gasteiger partial charge in [-0.05, 0) is 24.3 Å². The van der Waals surface area contributed by atoms with E-state index in [0.717, 1.165) is 60.8 Å². The number of fused-ring (bicyclic) bond motifs is 1. The number of benzene rings is 2. The van der Waals surface area contributed by atoms with E-state index < -0.39 is 0 Å². The Bertz CT molecular complexity index is 881. The lowest BCUT2D eigenvalue weighted by Gasteiger charge is -2.22. The summed E-state index contributed by atoms with van der Waals surface area (Å²) in [5, 5.41) is 2.13. The van der Waals surface area contributed by atoms with Crippen LogP contribution in [-0.4, -0.2) is 28.9 Å². The first kappa shape index (κ1) is 19.1. The van der Waals surface area contributed by atoms with Crippen LogP contribution in [0.4, 0.5) is 0 Å². The molecule has 0 unspecified atom stereocenters. The smallest absolute Gasteiger partial charge is 0.272 e. The lowest BCUT2D eigenvalue weighted by molar-refractivity contribution is 0.0745. The summed E-state index contributed by atoms with van der Waals surface area (Å²) in [5.41, 5.74) is 2.46. The van der Waals surface area contributed by atoms with Crippen molar-refractivity contribution >= 4 is 16.7 Å². The third-order valence-electron chi connectivity index (χ3n) is 4.86. The van der Waals surface area contributed by atoms with Crippen molar-refractivity contribution in [3.05, 3.63) is 66.4 Å². The fraction of sp³-hybridized carbons (Fsp3) is 0.333. The summed E-state index contributed by atoms with van der Waals surface area (Å²) < 4.78 is 0. The molecule has 0 atom stereocenters. The van der Waals surface area contributed by atoms with Gasteiger partial charge in [0.2, 0.25) is 0 Å². The highest BCUT2D eigenvalue weighted by Gasteiger charge is 2.19. The molecule has 0 spiro atoms. The molecular formula is C24H28N2O. The highest BCUT2D eigenvalue weighted by Crippen LogP contribution is 2.28. The Morgan fingerprint density at radius 2 is 1.52 bits per heavy atom. The summed E-state index contributed by atoms with van der Waals surface area (Å²) in [6.07, 6.45) is 4.20. The monoisotopic (exact) mass is 360 g/mol. The van der Waals surface area contributed by atoms with Gasteiger partial charge in [0.25, 0.3) is 5.91 Å². The van der Waals surface area contributed by atoms with E-state index in [0.29, 0.717) is 5.69 Å². The number of nitrogens with zero attached hydrogens (tertiary/aromatic N) is 2. The van der Waals surface area contributed by atoms with Crippen molar-refractivity contribution in [3.63, 3.8) is 0 Å². The number of pyridine rings is 1. The highest BCUT2D eigenvalue weighted by atomic mass is 16.2. The quantitative estimate of drug-likeness (QED) is 0.498. The minimum Gasteiger partial charge on any atom is -0.337 e. The van der Waals surface area contributed by atoms with Crippen LogP contribution < -0.4 is 0 Å². The predicted octanol–water partition coefficient (Wildman–Crippen LogP) is 5.94. The first-order chi connectivity index (χ1) is 13.2. The standard InChI is InChI=1S/C24H28N2O/c1-3-5-16-26(17-6-4-2)24(27)22-18-20-14-10-11-15-21(20)23(25-22)19-12-8-7-9-13-19/h7-15,18H,3-6,16-17H2,1-2H3. The zero-order valence-corrected chi connectivity index (χ0v) is 16.3.